The third kappa shape index (κ3) is 3.43. The van der Waals surface area contributed by atoms with Crippen LogP contribution in [0.15, 0.2) is 48.5 Å². The largest absolute Gasteiger partial charge is 0.374 e. The van der Waals surface area contributed by atoms with E-state index >= 15 is 0 Å². The standard InChI is InChI=1S/C20H22O/c1-15-5-9-17(10-6-15)14-19(20-4-3-13-21-20)18-11-7-16(2)8-12-18/h5-12,14,20H,3-4,13H2,1-2H3. The van der Waals surface area contributed by atoms with Gasteiger partial charge in [-0.2, -0.15) is 0 Å². The van der Waals surface area contributed by atoms with Gasteiger partial charge in [0.05, 0.1) is 6.10 Å². The molecule has 108 valence electrons. The van der Waals surface area contributed by atoms with E-state index in [0.29, 0.717) is 0 Å². The maximum Gasteiger partial charge on any atom is 0.0831 e. The number of aryl methyl sites for hydroxylation is 2. The van der Waals surface area contributed by atoms with Gasteiger partial charge in [-0.15, -0.1) is 0 Å². The Kier molecular flexibility index (Phi) is 4.21. The molecule has 1 unspecified atom stereocenters. The highest BCUT2D eigenvalue weighted by molar-refractivity contribution is 5.84. The van der Waals surface area contributed by atoms with Crippen LogP contribution in [-0.4, -0.2) is 12.7 Å². The van der Waals surface area contributed by atoms with Gasteiger partial charge in [-0.25, -0.2) is 0 Å². The molecule has 3 rings (SSSR count). The molecule has 1 saturated heterocycles. The van der Waals surface area contributed by atoms with Gasteiger partial charge in [0, 0.05) is 6.61 Å². The zero-order chi connectivity index (χ0) is 14.7. The second-order valence-electron chi connectivity index (χ2n) is 5.88. The highest BCUT2D eigenvalue weighted by atomic mass is 16.5. The van der Waals surface area contributed by atoms with Crippen molar-refractivity contribution in [1.29, 1.82) is 0 Å². The Morgan fingerprint density at radius 3 is 2.14 bits per heavy atom. The van der Waals surface area contributed by atoms with Crippen molar-refractivity contribution in [2.45, 2.75) is 32.8 Å². The first-order valence-corrected chi connectivity index (χ1v) is 7.69. The quantitative estimate of drug-likeness (QED) is 0.716. The predicted octanol–water partition coefficient (Wildman–Crippen LogP) is 5.02. The van der Waals surface area contributed by atoms with Crippen LogP contribution in [0.25, 0.3) is 11.6 Å². The van der Waals surface area contributed by atoms with E-state index in [1.807, 2.05) is 0 Å². The van der Waals surface area contributed by atoms with Gasteiger partial charge in [0.1, 0.15) is 0 Å². The van der Waals surface area contributed by atoms with Crippen molar-refractivity contribution >= 4 is 11.6 Å². The summed E-state index contributed by atoms with van der Waals surface area (Å²) in [7, 11) is 0. The SMILES string of the molecule is Cc1ccc(C=C(c2ccc(C)cc2)C2CCCO2)cc1. The van der Waals surface area contributed by atoms with Gasteiger partial charge in [0.15, 0.2) is 0 Å². The molecular formula is C20H22O. The van der Waals surface area contributed by atoms with Crippen molar-refractivity contribution in [2.24, 2.45) is 0 Å². The molecule has 0 spiro atoms. The van der Waals surface area contributed by atoms with Crippen LogP contribution in [0, 0.1) is 13.8 Å². The van der Waals surface area contributed by atoms with E-state index in [4.69, 9.17) is 4.74 Å². The molecule has 1 fully saturated rings. The van der Waals surface area contributed by atoms with E-state index in [1.165, 1.54) is 27.8 Å². The molecule has 1 heteroatoms. The predicted molar refractivity (Wildman–Crippen MR) is 89.2 cm³/mol. The van der Waals surface area contributed by atoms with E-state index in [9.17, 15) is 0 Å². The smallest absolute Gasteiger partial charge is 0.0831 e. The van der Waals surface area contributed by atoms with Crippen molar-refractivity contribution < 1.29 is 4.74 Å². The molecule has 1 heterocycles. The van der Waals surface area contributed by atoms with Crippen LogP contribution < -0.4 is 0 Å². The first-order chi connectivity index (χ1) is 10.2. The molecule has 0 bridgehead atoms. The van der Waals surface area contributed by atoms with Crippen molar-refractivity contribution in [1.82, 2.24) is 0 Å². The van der Waals surface area contributed by atoms with Crippen LogP contribution in [0.5, 0.6) is 0 Å². The molecule has 0 saturated carbocycles. The highest BCUT2D eigenvalue weighted by Gasteiger charge is 2.21. The normalized spacial score (nSPS) is 19.0. The Hall–Kier alpha value is -1.86. The van der Waals surface area contributed by atoms with Crippen LogP contribution in [0.3, 0.4) is 0 Å². The van der Waals surface area contributed by atoms with E-state index in [0.717, 1.165) is 19.4 Å². The summed E-state index contributed by atoms with van der Waals surface area (Å²) in [6.07, 6.45) is 4.78. The summed E-state index contributed by atoms with van der Waals surface area (Å²) >= 11 is 0. The van der Waals surface area contributed by atoms with E-state index < -0.39 is 0 Å². The minimum absolute atomic E-state index is 0.231. The van der Waals surface area contributed by atoms with Gasteiger partial charge >= 0.3 is 0 Å². The van der Waals surface area contributed by atoms with Gasteiger partial charge < -0.3 is 4.74 Å². The van der Waals surface area contributed by atoms with Crippen LogP contribution in [0.1, 0.15) is 35.1 Å². The first kappa shape index (κ1) is 14.1. The maximum absolute atomic E-state index is 5.93. The molecule has 1 aliphatic heterocycles. The lowest BCUT2D eigenvalue weighted by molar-refractivity contribution is 0.152. The van der Waals surface area contributed by atoms with Crippen LogP contribution in [-0.2, 0) is 4.74 Å². The lowest BCUT2D eigenvalue weighted by atomic mass is 9.95. The van der Waals surface area contributed by atoms with Crippen LogP contribution >= 0.6 is 0 Å². The molecule has 0 radical (unpaired) electrons. The molecule has 2 aromatic carbocycles. The summed E-state index contributed by atoms with van der Waals surface area (Å²) in [6.45, 7) is 5.12. The lowest BCUT2D eigenvalue weighted by Gasteiger charge is -2.16. The fourth-order valence-corrected chi connectivity index (χ4v) is 2.77. The molecule has 1 nitrogen and oxygen atoms in total. The third-order valence-corrected chi connectivity index (χ3v) is 4.06. The molecule has 0 amide bonds. The second-order valence-corrected chi connectivity index (χ2v) is 5.88. The fraction of sp³-hybridized carbons (Fsp3) is 0.300. The number of rotatable bonds is 3. The van der Waals surface area contributed by atoms with Crippen molar-refractivity contribution in [3.05, 3.63) is 70.8 Å². The van der Waals surface area contributed by atoms with Crippen molar-refractivity contribution in [2.75, 3.05) is 6.61 Å². The molecular weight excluding hydrogens is 256 g/mol. The zero-order valence-electron chi connectivity index (χ0n) is 12.8. The summed E-state index contributed by atoms with van der Waals surface area (Å²) in [6, 6.07) is 17.4. The lowest BCUT2D eigenvalue weighted by Crippen LogP contribution is -2.08. The maximum atomic E-state index is 5.93. The number of hydrogen-bond donors (Lipinski definition) is 0. The van der Waals surface area contributed by atoms with Crippen molar-refractivity contribution in [3.8, 4) is 0 Å². The third-order valence-electron chi connectivity index (χ3n) is 4.06. The van der Waals surface area contributed by atoms with Crippen LogP contribution in [0.2, 0.25) is 0 Å². The van der Waals surface area contributed by atoms with E-state index in [-0.39, 0.29) is 6.10 Å². The average molecular weight is 278 g/mol. The summed E-state index contributed by atoms with van der Waals surface area (Å²) in [4.78, 5) is 0. The molecule has 1 atom stereocenters. The Labute approximate surface area is 127 Å². The minimum atomic E-state index is 0.231. The second kappa shape index (κ2) is 6.28. The zero-order valence-corrected chi connectivity index (χ0v) is 12.8. The molecule has 0 aromatic heterocycles. The van der Waals surface area contributed by atoms with Gasteiger partial charge in [0.25, 0.3) is 0 Å². The molecule has 2 aromatic rings. The van der Waals surface area contributed by atoms with Gasteiger partial charge in [0.2, 0.25) is 0 Å². The molecule has 1 aliphatic rings. The average Bonchev–Trinajstić information content (AvgIpc) is 3.02. The molecule has 0 N–H and O–H groups in total. The summed E-state index contributed by atoms with van der Waals surface area (Å²) in [5, 5.41) is 0. The Morgan fingerprint density at radius 2 is 1.57 bits per heavy atom. The Morgan fingerprint density at radius 1 is 0.952 bits per heavy atom. The number of hydrogen-bond acceptors (Lipinski definition) is 1. The first-order valence-electron chi connectivity index (χ1n) is 7.69. The Bertz CT molecular complexity index is 614. The van der Waals surface area contributed by atoms with E-state index in [1.54, 1.807) is 0 Å². The van der Waals surface area contributed by atoms with Crippen LogP contribution in [0.4, 0.5) is 0 Å². The summed E-state index contributed by atoms with van der Waals surface area (Å²) in [5.41, 5.74) is 6.40. The van der Waals surface area contributed by atoms with Gasteiger partial charge in [-0.05, 0) is 49.5 Å². The number of benzene rings is 2. The molecule has 0 aliphatic carbocycles. The Balaban J connectivity index is 1.98. The summed E-state index contributed by atoms with van der Waals surface area (Å²) in [5.74, 6) is 0. The molecule has 21 heavy (non-hydrogen) atoms. The van der Waals surface area contributed by atoms with Crippen molar-refractivity contribution in [3.63, 3.8) is 0 Å². The van der Waals surface area contributed by atoms with E-state index in [2.05, 4.69) is 68.5 Å². The fourth-order valence-electron chi connectivity index (χ4n) is 2.77. The topological polar surface area (TPSA) is 9.23 Å². The van der Waals surface area contributed by atoms with Gasteiger partial charge in [-0.1, -0.05) is 59.7 Å². The highest BCUT2D eigenvalue weighted by Crippen LogP contribution is 2.30. The van der Waals surface area contributed by atoms with Gasteiger partial charge in [-0.3, -0.25) is 0 Å². The summed E-state index contributed by atoms with van der Waals surface area (Å²) < 4.78 is 5.93. The number of ether oxygens (including phenoxy) is 1. The monoisotopic (exact) mass is 278 g/mol. The minimum Gasteiger partial charge on any atom is -0.374 e.